The van der Waals surface area contributed by atoms with E-state index in [0.29, 0.717) is 47.4 Å². The average Bonchev–Trinajstić information content (AvgIpc) is 2.94. The van der Waals surface area contributed by atoms with Crippen LogP contribution in [0.2, 0.25) is 5.02 Å². The van der Waals surface area contributed by atoms with Gasteiger partial charge in [0.2, 0.25) is 5.88 Å². The van der Waals surface area contributed by atoms with Crippen LogP contribution < -0.4 is 21.3 Å². The van der Waals surface area contributed by atoms with Gasteiger partial charge < -0.3 is 19.7 Å². The number of aromatic nitrogens is 3. The molecule has 0 radical (unpaired) electrons. The van der Waals surface area contributed by atoms with Crippen LogP contribution in [-0.2, 0) is 26.2 Å². The van der Waals surface area contributed by atoms with Crippen LogP contribution in [0.25, 0.3) is 5.57 Å². The van der Waals surface area contributed by atoms with Gasteiger partial charge in [-0.1, -0.05) is 54.1 Å². The van der Waals surface area contributed by atoms with Crippen molar-refractivity contribution in [2.24, 2.45) is 14.1 Å². The number of halogens is 2. The number of hydrogen-bond acceptors (Lipinski definition) is 7. The van der Waals surface area contributed by atoms with Gasteiger partial charge in [-0.05, 0) is 23.3 Å². The Morgan fingerprint density at radius 3 is 2.61 bits per heavy atom. The fourth-order valence-corrected chi connectivity index (χ4v) is 5.83. The molecule has 2 aromatic heterocycles. The van der Waals surface area contributed by atoms with Gasteiger partial charge >= 0.3 is 5.69 Å². The van der Waals surface area contributed by atoms with Gasteiger partial charge in [0.25, 0.3) is 11.5 Å². The quantitative estimate of drug-likeness (QED) is 0.401. The van der Waals surface area contributed by atoms with Crippen LogP contribution in [0.3, 0.4) is 0 Å². The van der Waals surface area contributed by atoms with Crippen molar-refractivity contribution in [1.29, 1.82) is 0 Å². The number of ether oxygens (including phenoxy) is 1. The van der Waals surface area contributed by atoms with Gasteiger partial charge in [0.1, 0.15) is 11.1 Å². The van der Waals surface area contributed by atoms with Gasteiger partial charge in [0.15, 0.2) is 0 Å². The molecule has 41 heavy (non-hydrogen) atoms. The second-order valence-electron chi connectivity index (χ2n) is 10.2. The second-order valence-corrected chi connectivity index (χ2v) is 11.0. The highest BCUT2D eigenvalue weighted by Crippen LogP contribution is 2.43. The van der Waals surface area contributed by atoms with Crippen LogP contribution in [0.15, 0.2) is 70.4 Å². The minimum Gasteiger partial charge on any atom is -0.481 e. The largest absolute Gasteiger partial charge is 0.481 e. The summed E-state index contributed by atoms with van der Waals surface area (Å²) in [6.07, 6.45) is 6.13. The highest BCUT2D eigenvalue weighted by atomic mass is 35.5. The number of methoxy groups -OCH3 is 1. The number of aliphatic hydroxyl groups is 1. The average molecular weight is 598 g/mol. The third-order valence-corrected chi connectivity index (χ3v) is 8.30. The standard InChI is InChI=1S/C29H29Cl2N5O5/c1-34-16-21(27(39)35(2)28(34)40)25(38)33-29(12-6-8-20(24(29)31)19-7-4-5-9-22(19)30)23-11-10-17(26(32-23)41-3)13-36-14-18(37)15-36/h4-12,16,18,24,37H,13-15H2,1-3H3,(H,33,38). The first-order valence-electron chi connectivity index (χ1n) is 12.9. The van der Waals surface area contributed by atoms with Crippen molar-refractivity contribution >= 4 is 34.7 Å². The molecule has 2 N–H and O–H groups in total. The van der Waals surface area contributed by atoms with E-state index in [1.165, 1.54) is 27.4 Å². The Morgan fingerprint density at radius 2 is 1.93 bits per heavy atom. The molecule has 3 heterocycles. The normalized spacial score (nSPS) is 20.8. The summed E-state index contributed by atoms with van der Waals surface area (Å²) in [5.74, 6) is -0.405. The summed E-state index contributed by atoms with van der Waals surface area (Å²) >= 11 is 13.8. The third-order valence-electron chi connectivity index (χ3n) is 7.39. The topological polar surface area (TPSA) is 119 Å². The van der Waals surface area contributed by atoms with Crippen LogP contribution in [0, 0.1) is 0 Å². The van der Waals surface area contributed by atoms with Crippen LogP contribution in [0.1, 0.15) is 27.2 Å². The van der Waals surface area contributed by atoms with E-state index in [4.69, 9.17) is 32.9 Å². The number of alkyl halides is 1. The Kier molecular flexibility index (Phi) is 7.93. The number of aliphatic hydroxyl groups excluding tert-OH is 1. The zero-order chi connectivity index (χ0) is 29.5. The van der Waals surface area contributed by atoms with E-state index < -0.39 is 28.1 Å². The van der Waals surface area contributed by atoms with Crippen molar-refractivity contribution in [2.75, 3.05) is 20.2 Å². The first-order valence-corrected chi connectivity index (χ1v) is 13.7. The summed E-state index contributed by atoms with van der Waals surface area (Å²) in [6, 6.07) is 10.8. The molecule has 2 atom stereocenters. The Balaban J connectivity index is 1.61. The van der Waals surface area contributed by atoms with E-state index in [2.05, 4.69) is 10.2 Å². The lowest BCUT2D eigenvalue weighted by Gasteiger charge is -2.39. The number of carbonyl (C=O) groups is 1. The molecule has 0 saturated carbocycles. The lowest BCUT2D eigenvalue weighted by Crippen LogP contribution is -2.54. The van der Waals surface area contributed by atoms with Crippen LogP contribution in [0.4, 0.5) is 0 Å². The predicted octanol–water partition coefficient (Wildman–Crippen LogP) is 2.20. The maximum atomic E-state index is 13.8. The monoisotopic (exact) mass is 597 g/mol. The van der Waals surface area contributed by atoms with Crippen LogP contribution in [-0.4, -0.2) is 61.7 Å². The lowest BCUT2D eigenvalue weighted by atomic mass is 9.80. The van der Waals surface area contributed by atoms with Crippen molar-refractivity contribution < 1.29 is 14.6 Å². The van der Waals surface area contributed by atoms with E-state index >= 15 is 0 Å². The molecule has 3 aromatic rings. The fourth-order valence-electron chi connectivity index (χ4n) is 5.15. The van der Waals surface area contributed by atoms with Gasteiger partial charge in [-0.25, -0.2) is 9.78 Å². The zero-order valence-corrected chi connectivity index (χ0v) is 24.2. The Hall–Kier alpha value is -3.70. The molecule has 2 unspecified atom stereocenters. The van der Waals surface area contributed by atoms with E-state index in [1.807, 2.05) is 24.3 Å². The number of rotatable bonds is 7. The summed E-state index contributed by atoms with van der Waals surface area (Å²) in [6.45, 7) is 1.63. The molecule has 1 aliphatic carbocycles. The molecule has 10 nitrogen and oxygen atoms in total. The van der Waals surface area contributed by atoms with Crippen molar-refractivity contribution in [1.82, 2.24) is 24.3 Å². The zero-order valence-electron chi connectivity index (χ0n) is 22.7. The Bertz CT molecular complexity index is 1690. The fraction of sp³-hybridized carbons (Fsp3) is 0.310. The molecule has 0 bridgehead atoms. The first-order chi connectivity index (χ1) is 19.6. The molecule has 214 valence electrons. The molecule has 1 saturated heterocycles. The van der Waals surface area contributed by atoms with E-state index in [-0.39, 0.29) is 11.7 Å². The predicted molar refractivity (Wildman–Crippen MR) is 156 cm³/mol. The molecular weight excluding hydrogens is 569 g/mol. The van der Waals surface area contributed by atoms with E-state index in [1.54, 1.807) is 30.4 Å². The minimum absolute atomic E-state index is 0.236. The smallest absolute Gasteiger partial charge is 0.330 e. The first kappa shape index (κ1) is 28.8. The summed E-state index contributed by atoms with van der Waals surface area (Å²) in [7, 11) is 4.27. The maximum absolute atomic E-state index is 13.8. The molecule has 12 heteroatoms. The number of allylic oxidation sites excluding steroid dienone is 2. The number of amides is 1. The van der Waals surface area contributed by atoms with E-state index in [9.17, 15) is 19.5 Å². The third kappa shape index (κ3) is 5.24. The highest BCUT2D eigenvalue weighted by Gasteiger charge is 2.45. The van der Waals surface area contributed by atoms with Crippen molar-refractivity contribution in [3.8, 4) is 5.88 Å². The number of carbonyl (C=O) groups excluding carboxylic acids is 1. The molecule has 5 rings (SSSR count). The van der Waals surface area contributed by atoms with Gasteiger partial charge in [0.05, 0.1) is 24.3 Å². The van der Waals surface area contributed by atoms with E-state index in [0.717, 1.165) is 14.7 Å². The number of benzene rings is 1. The number of nitrogens with zero attached hydrogens (tertiary/aromatic N) is 4. The summed E-state index contributed by atoms with van der Waals surface area (Å²) in [5, 5.41) is 12.2. The summed E-state index contributed by atoms with van der Waals surface area (Å²) in [4.78, 5) is 45.8. The molecule has 1 aliphatic heterocycles. The molecule has 1 amide bonds. The second kappa shape index (κ2) is 11.3. The number of nitrogens with one attached hydrogen (secondary N) is 1. The Labute approximate surface area is 246 Å². The minimum atomic E-state index is -1.44. The summed E-state index contributed by atoms with van der Waals surface area (Å²) in [5.41, 5.74) is -0.515. The highest BCUT2D eigenvalue weighted by molar-refractivity contribution is 6.34. The number of β-amino-alcohol motifs (C(OH)–C–C–N with tert-alkyl or cyclic N) is 1. The number of aryl methyl sites for hydroxylation is 1. The van der Waals surface area contributed by atoms with Crippen LogP contribution in [0.5, 0.6) is 5.88 Å². The van der Waals surface area contributed by atoms with Crippen molar-refractivity contribution in [3.05, 3.63) is 109 Å². The SMILES string of the molecule is COc1nc(C2(NC(=O)c3cn(C)c(=O)n(C)c3=O)C=CC=C(c3ccccc3Cl)C2Cl)ccc1CN1CC(O)C1. The van der Waals surface area contributed by atoms with Gasteiger partial charge in [-0.3, -0.25) is 19.1 Å². The molecule has 1 fully saturated rings. The van der Waals surface area contributed by atoms with Crippen LogP contribution >= 0.6 is 23.2 Å². The van der Waals surface area contributed by atoms with Gasteiger partial charge in [-0.15, -0.1) is 11.6 Å². The summed E-state index contributed by atoms with van der Waals surface area (Å²) < 4.78 is 7.66. The number of pyridine rings is 1. The Morgan fingerprint density at radius 1 is 1.20 bits per heavy atom. The van der Waals surface area contributed by atoms with Crippen molar-refractivity contribution in [3.63, 3.8) is 0 Å². The number of likely N-dealkylation sites (tertiary alicyclic amines) is 1. The molecule has 2 aliphatic rings. The lowest BCUT2D eigenvalue weighted by molar-refractivity contribution is -0.00332. The molecular formula is C29H29Cl2N5O5. The van der Waals surface area contributed by atoms with Crippen molar-refractivity contribution in [2.45, 2.75) is 23.6 Å². The molecule has 0 spiro atoms. The number of hydrogen-bond donors (Lipinski definition) is 2. The van der Waals surface area contributed by atoms with Gasteiger partial charge in [0, 0.05) is 50.5 Å². The van der Waals surface area contributed by atoms with Gasteiger partial charge in [-0.2, -0.15) is 0 Å². The molecule has 1 aromatic carbocycles. The maximum Gasteiger partial charge on any atom is 0.330 e.